The predicted octanol–water partition coefficient (Wildman–Crippen LogP) is 3.78. The van der Waals surface area contributed by atoms with Crippen LogP contribution in [0.3, 0.4) is 0 Å². The number of nitrogens with zero attached hydrogens (tertiary/aromatic N) is 1. The van der Waals surface area contributed by atoms with Crippen molar-refractivity contribution >= 4 is 39.2 Å². The molecular weight excluding hydrogens is 390 g/mol. The number of rotatable bonds is 3. The largest absolute Gasteiger partial charge is 0.465 e. The first-order valence-electron chi connectivity index (χ1n) is 7.28. The fraction of sp³-hybridized carbons (Fsp3) is 0.111. The molecular formula is C18H14BrNO5. The molecule has 1 aliphatic heterocycles. The Morgan fingerprint density at radius 2 is 1.80 bits per heavy atom. The van der Waals surface area contributed by atoms with Crippen molar-refractivity contribution in [2.24, 2.45) is 0 Å². The van der Waals surface area contributed by atoms with Crippen molar-refractivity contribution in [3.63, 3.8) is 0 Å². The number of fused-ring (bicyclic) bond motifs is 1. The average molecular weight is 404 g/mol. The number of anilines is 2. The summed E-state index contributed by atoms with van der Waals surface area (Å²) in [5.41, 5.74) is 1.76. The van der Waals surface area contributed by atoms with Gasteiger partial charge in [0.25, 0.3) is 0 Å². The Labute approximate surface area is 152 Å². The van der Waals surface area contributed by atoms with Crippen molar-refractivity contribution in [1.82, 2.24) is 0 Å². The number of methoxy groups -OCH3 is 2. The third kappa shape index (κ3) is 3.36. The van der Waals surface area contributed by atoms with Crippen molar-refractivity contribution in [3.8, 4) is 5.75 Å². The number of ether oxygens (including phenoxy) is 3. The highest BCUT2D eigenvalue weighted by molar-refractivity contribution is 9.10. The zero-order chi connectivity index (χ0) is 18.0. The van der Waals surface area contributed by atoms with Gasteiger partial charge in [0.05, 0.1) is 31.7 Å². The molecule has 0 saturated heterocycles. The molecule has 0 aromatic heterocycles. The lowest BCUT2D eigenvalue weighted by molar-refractivity contribution is -0.138. The molecule has 2 aromatic carbocycles. The number of carbonyl (C=O) groups excluding carboxylic acids is 2. The number of benzene rings is 2. The second kappa shape index (κ2) is 6.98. The summed E-state index contributed by atoms with van der Waals surface area (Å²) in [7, 11) is 2.60. The molecule has 25 heavy (non-hydrogen) atoms. The molecule has 1 aliphatic rings. The third-order valence-electron chi connectivity index (χ3n) is 3.58. The van der Waals surface area contributed by atoms with Gasteiger partial charge < -0.3 is 19.1 Å². The summed E-state index contributed by atoms with van der Waals surface area (Å²) in [4.78, 5) is 25.5. The van der Waals surface area contributed by atoms with E-state index in [2.05, 4.69) is 15.9 Å². The molecule has 0 saturated carbocycles. The van der Waals surface area contributed by atoms with Crippen molar-refractivity contribution in [1.29, 1.82) is 0 Å². The summed E-state index contributed by atoms with van der Waals surface area (Å²) >= 11 is 3.43. The highest BCUT2D eigenvalue weighted by Gasteiger charge is 2.26. The molecule has 2 aromatic rings. The molecule has 0 radical (unpaired) electrons. The Morgan fingerprint density at radius 1 is 1.04 bits per heavy atom. The van der Waals surface area contributed by atoms with Gasteiger partial charge in [0.2, 0.25) is 5.76 Å². The molecule has 6 nitrogen and oxygen atoms in total. The number of hydrogen-bond donors (Lipinski definition) is 0. The molecule has 0 bridgehead atoms. The molecule has 128 valence electrons. The second-order valence-electron chi connectivity index (χ2n) is 5.11. The SMILES string of the molecule is COC(=O)C1=CN(c2cccc(Br)c2)c2cc(C(=O)OC)ccc2O1. The lowest BCUT2D eigenvalue weighted by atomic mass is 10.1. The molecule has 7 heteroatoms. The van der Waals surface area contributed by atoms with E-state index in [9.17, 15) is 9.59 Å². The maximum absolute atomic E-state index is 11.9. The first kappa shape index (κ1) is 17.0. The Hall–Kier alpha value is -2.80. The zero-order valence-electron chi connectivity index (χ0n) is 13.5. The molecule has 0 fully saturated rings. The van der Waals surface area contributed by atoms with Gasteiger partial charge in [-0.15, -0.1) is 0 Å². The summed E-state index contributed by atoms with van der Waals surface area (Å²) in [5, 5.41) is 0. The van der Waals surface area contributed by atoms with Crippen molar-refractivity contribution in [2.45, 2.75) is 0 Å². The van der Waals surface area contributed by atoms with E-state index in [-0.39, 0.29) is 5.76 Å². The maximum atomic E-state index is 11.9. The van der Waals surface area contributed by atoms with Gasteiger partial charge >= 0.3 is 11.9 Å². The fourth-order valence-electron chi connectivity index (χ4n) is 2.40. The van der Waals surface area contributed by atoms with Crippen LogP contribution in [-0.2, 0) is 14.3 Å². The normalized spacial score (nSPS) is 12.6. The van der Waals surface area contributed by atoms with Crippen LogP contribution in [-0.4, -0.2) is 26.2 Å². The smallest absolute Gasteiger partial charge is 0.375 e. The van der Waals surface area contributed by atoms with E-state index < -0.39 is 11.9 Å². The van der Waals surface area contributed by atoms with Gasteiger partial charge in [0, 0.05) is 10.2 Å². The van der Waals surface area contributed by atoms with Gasteiger partial charge in [-0.3, -0.25) is 0 Å². The number of hydrogen-bond acceptors (Lipinski definition) is 6. The lowest BCUT2D eigenvalue weighted by Crippen LogP contribution is -2.23. The first-order valence-corrected chi connectivity index (χ1v) is 8.08. The van der Waals surface area contributed by atoms with Gasteiger partial charge in [-0.1, -0.05) is 22.0 Å². The van der Waals surface area contributed by atoms with Gasteiger partial charge in [-0.25, -0.2) is 9.59 Å². The summed E-state index contributed by atoms with van der Waals surface area (Å²) in [5.74, 6) is -0.584. The van der Waals surface area contributed by atoms with E-state index in [1.807, 2.05) is 24.3 Å². The predicted molar refractivity (Wildman–Crippen MR) is 94.8 cm³/mol. The Morgan fingerprint density at radius 3 is 2.48 bits per heavy atom. The van der Waals surface area contributed by atoms with Crippen LogP contribution in [0.4, 0.5) is 11.4 Å². The van der Waals surface area contributed by atoms with E-state index in [0.717, 1.165) is 10.2 Å². The minimum atomic E-state index is -0.595. The minimum Gasteiger partial charge on any atom is -0.465 e. The van der Waals surface area contributed by atoms with Crippen LogP contribution in [0.2, 0.25) is 0 Å². The van der Waals surface area contributed by atoms with Crippen LogP contribution < -0.4 is 9.64 Å². The Balaban J connectivity index is 2.14. The van der Waals surface area contributed by atoms with Crippen LogP contribution in [0.5, 0.6) is 5.75 Å². The van der Waals surface area contributed by atoms with Crippen LogP contribution in [0, 0.1) is 0 Å². The Kier molecular flexibility index (Phi) is 4.76. The highest BCUT2D eigenvalue weighted by Crippen LogP contribution is 2.40. The van der Waals surface area contributed by atoms with Gasteiger partial charge in [0.1, 0.15) is 0 Å². The van der Waals surface area contributed by atoms with Gasteiger partial charge in [0.15, 0.2) is 5.75 Å². The maximum Gasteiger partial charge on any atom is 0.375 e. The summed E-state index contributed by atoms with van der Waals surface area (Å²) < 4.78 is 16.0. The van der Waals surface area contributed by atoms with Crippen LogP contribution in [0.1, 0.15) is 10.4 Å². The van der Waals surface area contributed by atoms with Crippen LogP contribution in [0.15, 0.2) is 58.9 Å². The molecule has 0 atom stereocenters. The average Bonchev–Trinajstić information content (AvgIpc) is 2.65. The van der Waals surface area contributed by atoms with Crippen LogP contribution in [0.25, 0.3) is 0 Å². The molecule has 0 spiro atoms. The van der Waals surface area contributed by atoms with E-state index in [1.165, 1.54) is 20.4 Å². The molecule has 1 heterocycles. The summed E-state index contributed by atoms with van der Waals surface area (Å²) in [6.07, 6.45) is 1.52. The third-order valence-corrected chi connectivity index (χ3v) is 4.07. The topological polar surface area (TPSA) is 65.1 Å². The van der Waals surface area contributed by atoms with Crippen LogP contribution >= 0.6 is 15.9 Å². The van der Waals surface area contributed by atoms with Gasteiger partial charge in [-0.05, 0) is 36.4 Å². The summed E-state index contributed by atoms with van der Waals surface area (Å²) in [6.45, 7) is 0. The van der Waals surface area contributed by atoms with Crippen molar-refractivity contribution < 1.29 is 23.8 Å². The van der Waals surface area contributed by atoms with E-state index >= 15 is 0 Å². The standard InChI is InChI=1S/C18H14BrNO5/c1-23-17(21)11-6-7-15-14(8-11)20(10-16(25-15)18(22)24-2)13-5-3-4-12(19)9-13/h3-10H,1-2H3. The molecule has 0 N–H and O–H groups in total. The van der Waals surface area contributed by atoms with E-state index in [0.29, 0.717) is 17.0 Å². The fourth-order valence-corrected chi connectivity index (χ4v) is 2.79. The van der Waals surface area contributed by atoms with E-state index in [1.54, 1.807) is 23.1 Å². The quantitative estimate of drug-likeness (QED) is 0.726. The second-order valence-corrected chi connectivity index (χ2v) is 6.03. The number of esters is 2. The van der Waals surface area contributed by atoms with E-state index in [4.69, 9.17) is 14.2 Å². The highest BCUT2D eigenvalue weighted by atomic mass is 79.9. The molecule has 0 amide bonds. The minimum absolute atomic E-state index is 0.0424. The molecule has 0 aliphatic carbocycles. The monoisotopic (exact) mass is 403 g/mol. The first-order chi connectivity index (χ1) is 12.0. The van der Waals surface area contributed by atoms with Crippen molar-refractivity contribution in [3.05, 3.63) is 64.5 Å². The van der Waals surface area contributed by atoms with Gasteiger partial charge in [-0.2, -0.15) is 0 Å². The number of halogens is 1. The molecule has 0 unspecified atom stereocenters. The number of carbonyl (C=O) groups is 2. The Bertz CT molecular complexity index is 878. The van der Waals surface area contributed by atoms with Crippen molar-refractivity contribution in [2.75, 3.05) is 19.1 Å². The molecule has 3 rings (SSSR count). The summed E-state index contributed by atoms with van der Waals surface area (Å²) in [6, 6.07) is 12.3. The zero-order valence-corrected chi connectivity index (χ0v) is 15.1. The lowest BCUT2D eigenvalue weighted by Gasteiger charge is -2.28.